The summed E-state index contributed by atoms with van der Waals surface area (Å²) in [7, 11) is 0. The second-order valence-electron chi connectivity index (χ2n) is 3.51. The van der Waals surface area contributed by atoms with Crippen LogP contribution in [0.5, 0.6) is 0 Å². The highest BCUT2D eigenvalue weighted by atomic mass is 79.9. The third kappa shape index (κ3) is 1.97. The van der Waals surface area contributed by atoms with E-state index >= 15 is 0 Å². The van der Waals surface area contributed by atoms with Crippen molar-refractivity contribution in [1.29, 1.82) is 0 Å². The van der Waals surface area contributed by atoms with Gasteiger partial charge in [0.15, 0.2) is 0 Å². The molecule has 0 saturated heterocycles. The third-order valence-corrected chi connectivity index (χ3v) is 4.48. The normalized spacial score (nSPS) is 26.1. The van der Waals surface area contributed by atoms with Gasteiger partial charge < -0.3 is 5.73 Å². The van der Waals surface area contributed by atoms with Crippen molar-refractivity contribution in [2.75, 3.05) is 6.54 Å². The first-order valence-corrected chi connectivity index (χ1v) is 5.96. The van der Waals surface area contributed by atoms with Gasteiger partial charge in [0.1, 0.15) is 0 Å². The van der Waals surface area contributed by atoms with E-state index < -0.39 is 0 Å². The molecule has 1 saturated carbocycles. The summed E-state index contributed by atoms with van der Waals surface area (Å²) >= 11 is 6.97. The van der Waals surface area contributed by atoms with Crippen molar-refractivity contribution in [2.45, 2.75) is 12.3 Å². The Kier molecular flexibility index (Phi) is 2.77. The largest absolute Gasteiger partial charge is 0.330 e. The first-order valence-electron chi connectivity index (χ1n) is 4.37. The lowest BCUT2D eigenvalue weighted by atomic mass is 10.1. The molecule has 2 atom stereocenters. The Labute approximate surface area is 95.0 Å². The lowest BCUT2D eigenvalue weighted by Crippen LogP contribution is -2.01. The molecule has 0 aromatic heterocycles. The van der Waals surface area contributed by atoms with E-state index in [1.54, 1.807) is 0 Å². The molecule has 1 fully saturated rings. The number of benzene rings is 1. The van der Waals surface area contributed by atoms with Crippen LogP contribution < -0.4 is 5.73 Å². The van der Waals surface area contributed by atoms with Crippen LogP contribution >= 0.6 is 31.9 Å². The van der Waals surface area contributed by atoms with Crippen molar-refractivity contribution >= 4 is 31.9 Å². The molecule has 0 radical (unpaired) electrons. The van der Waals surface area contributed by atoms with Gasteiger partial charge in [-0.25, -0.2) is 0 Å². The Morgan fingerprint density at radius 2 is 2.08 bits per heavy atom. The first-order chi connectivity index (χ1) is 6.22. The van der Waals surface area contributed by atoms with Crippen LogP contribution in [0.1, 0.15) is 17.9 Å². The van der Waals surface area contributed by atoms with Gasteiger partial charge in [0.2, 0.25) is 0 Å². The summed E-state index contributed by atoms with van der Waals surface area (Å²) in [5.74, 6) is 1.42. The van der Waals surface area contributed by atoms with Gasteiger partial charge in [-0.05, 0) is 74.4 Å². The summed E-state index contributed by atoms with van der Waals surface area (Å²) in [4.78, 5) is 0. The smallest absolute Gasteiger partial charge is 0.0320 e. The van der Waals surface area contributed by atoms with Gasteiger partial charge in [-0.2, -0.15) is 0 Å². The number of halogens is 2. The summed E-state index contributed by atoms with van der Waals surface area (Å²) < 4.78 is 2.24. The monoisotopic (exact) mass is 303 g/mol. The number of nitrogens with two attached hydrogens (primary N) is 1. The van der Waals surface area contributed by atoms with Gasteiger partial charge in [-0.3, -0.25) is 0 Å². The maximum atomic E-state index is 5.61. The highest BCUT2D eigenvalue weighted by Crippen LogP contribution is 2.47. The Bertz CT molecular complexity index is 325. The zero-order chi connectivity index (χ0) is 9.42. The lowest BCUT2D eigenvalue weighted by Gasteiger charge is -2.01. The van der Waals surface area contributed by atoms with Crippen molar-refractivity contribution in [3.8, 4) is 0 Å². The molecule has 0 spiro atoms. The minimum Gasteiger partial charge on any atom is -0.330 e. The van der Waals surface area contributed by atoms with Gasteiger partial charge in [-0.15, -0.1) is 0 Å². The van der Waals surface area contributed by atoms with Crippen LogP contribution in [-0.4, -0.2) is 6.54 Å². The zero-order valence-electron chi connectivity index (χ0n) is 7.13. The van der Waals surface area contributed by atoms with Crippen molar-refractivity contribution in [1.82, 2.24) is 0 Å². The SMILES string of the molecule is NCC1CC1c1ccc(Br)c(Br)c1. The topological polar surface area (TPSA) is 26.0 Å². The minimum absolute atomic E-state index is 0.703. The highest BCUT2D eigenvalue weighted by molar-refractivity contribution is 9.13. The van der Waals surface area contributed by atoms with E-state index in [-0.39, 0.29) is 0 Å². The van der Waals surface area contributed by atoms with Gasteiger partial charge in [0.25, 0.3) is 0 Å². The van der Waals surface area contributed by atoms with Crippen molar-refractivity contribution in [2.24, 2.45) is 11.7 Å². The van der Waals surface area contributed by atoms with Crippen molar-refractivity contribution in [3.05, 3.63) is 32.7 Å². The first kappa shape index (κ1) is 9.69. The molecule has 1 aromatic rings. The number of hydrogen-bond acceptors (Lipinski definition) is 1. The fraction of sp³-hybridized carbons (Fsp3) is 0.400. The molecule has 2 unspecified atom stereocenters. The van der Waals surface area contributed by atoms with Crippen LogP contribution in [-0.2, 0) is 0 Å². The molecule has 1 nitrogen and oxygen atoms in total. The molecule has 13 heavy (non-hydrogen) atoms. The molecule has 0 bridgehead atoms. The lowest BCUT2D eigenvalue weighted by molar-refractivity contribution is 0.809. The molecule has 1 aromatic carbocycles. The molecule has 3 heteroatoms. The van der Waals surface area contributed by atoms with Crippen LogP contribution in [0.15, 0.2) is 27.1 Å². The third-order valence-electron chi connectivity index (χ3n) is 2.60. The average Bonchev–Trinajstić information content (AvgIpc) is 2.88. The molecular weight excluding hydrogens is 294 g/mol. The van der Waals surface area contributed by atoms with Gasteiger partial charge in [-0.1, -0.05) is 6.07 Å². The molecule has 1 aliphatic rings. The van der Waals surface area contributed by atoms with Gasteiger partial charge in [0.05, 0.1) is 0 Å². The highest BCUT2D eigenvalue weighted by Gasteiger charge is 2.36. The molecule has 0 aliphatic heterocycles. The predicted octanol–water partition coefficient (Wildman–Crippen LogP) is 3.27. The Morgan fingerprint density at radius 1 is 1.31 bits per heavy atom. The van der Waals surface area contributed by atoms with Crippen molar-refractivity contribution in [3.63, 3.8) is 0 Å². The fourth-order valence-electron chi connectivity index (χ4n) is 1.66. The summed E-state index contributed by atoms with van der Waals surface area (Å²) in [6.45, 7) is 0.818. The van der Waals surface area contributed by atoms with E-state index in [1.807, 2.05) is 0 Å². The van der Waals surface area contributed by atoms with Crippen LogP contribution in [0, 0.1) is 5.92 Å². The summed E-state index contributed by atoms with van der Waals surface area (Å²) in [6, 6.07) is 6.45. The molecule has 2 rings (SSSR count). The molecular formula is C10H11Br2N. The molecule has 70 valence electrons. The number of rotatable bonds is 2. The standard InChI is InChI=1S/C10H11Br2N/c11-9-2-1-6(4-10(9)12)8-3-7(8)5-13/h1-2,4,7-8H,3,5,13H2. The zero-order valence-corrected chi connectivity index (χ0v) is 10.3. The van der Waals surface area contributed by atoms with E-state index in [1.165, 1.54) is 12.0 Å². The molecule has 1 aliphatic carbocycles. The van der Waals surface area contributed by atoms with Crippen LogP contribution in [0.2, 0.25) is 0 Å². The predicted molar refractivity (Wildman–Crippen MR) is 61.7 cm³/mol. The quantitative estimate of drug-likeness (QED) is 0.891. The maximum Gasteiger partial charge on any atom is 0.0320 e. The van der Waals surface area contributed by atoms with E-state index in [2.05, 4.69) is 50.1 Å². The molecule has 0 amide bonds. The fourth-order valence-corrected chi connectivity index (χ4v) is 2.30. The van der Waals surface area contributed by atoms with Gasteiger partial charge in [0, 0.05) is 8.95 Å². The molecule has 0 heterocycles. The van der Waals surface area contributed by atoms with E-state index in [4.69, 9.17) is 5.73 Å². The second-order valence-corrected chi connectivity index (χ2v) is 5.22. The van der Waals surface area contributed by atoms with E-state index in [0.29, 0.717) is 11.8 Å². The van der Waals surface area contributed by atoms with Crippen LogP contribution in [0.25, 0.3) is 0 Å². The van der Waals surface area contributed by atoms with E-state index in [9.17, 15) is 0 Å². The second kappa shape index (κ2) is 3.71. The maximum absolute atomic E-state index is 5.61. The minimum atomic E-state index is 0.703. The molecule has 2 N–H and O–H groups in total. The Balaban J connectivity index is 2.19. The Morgan fingerprint density at radius 3 is 2.62 bits per heavy atom. The van der Waals surface area contributed by atoms with Crippen LogP contribution in [0.4, 0.5) is 0 Å². The average molecular weight is 305 g/mol. The van der Waals surface area contributed by atoms with Crippen molar-refractivity contribution < 1.29 is 0 Å². The Hall–Kier alpha value is 0.140. The van der Waals surface area contributed by atoms with Crippen LogP contribution in [0.3, 0.4) is 0 Å². The summed E-state index contributed by atoms with van der Waals surface area (Å²) in [5.41, 5.74) is 7.02. The number of hydrogen-bond donors (Lipinski definition) is 1. The summed E-state index contributed by atoms with van der Waals surface area (Å²) in [6.07, 6.45) is 1.25. The van der Waals surface area contributed by atoms with E-state index in [0.717, 1.165) is 15.5 Å². The summed E-state index contributed by atoms with van der Waals surface area (Å²) in [5, 5.41) is 0. The van der Waals surface area contributed by atoms with Gasteiger partial charge >= 0.3 is 0 Å².